The van der Waals surface area contributed by atoms with Gasteiger partial charge in [0, 0.05) is 6.07 Å². The Kier molecular flexibility index (Phi) is 8.53. The van der Waals surface area contributed by atoms with Gasteiger partial charge in [0.25, 0.3) is 0 Å². The van der Waals surface area contributed by atoms with E-state index in [9.17, 15) is 87.6 Å². The van der Waals surface area contributed by atoms with Gasteiger partial charge in [0.1, 0.15) is 20.8 Å². The Hall–Kier alpha value is -2.76. The predicted octanol–water partition coefficient (Wildman–Crippen LogP) is 6.30. The zero-order chi connectivity index (χ0) is 31.4. The standard InChI is InChI=1S/C15H5F17O6S/c16-9(12(21,22)23,13(24,25)26)7(10(17,14(27,28)29)15(30,31)32)8(11(18,19)20)37-4-1-2-6(39(34,35)36)5(3-4)38-33/h1-3,33H,(H,34,35,36)/p-1. The summed E-state index contributed by atoms with van der Waals surface area (Å²) in [5.74, 6) is -9.03. The zero-order valence-corrected chi connectivity index (χ0v) is 17.9. The van der Waals surface area contributed by atoms with Gasteiger partial charge in [-0.25, -0.2) is 22.5 Å². The van der Waals surface area contributed by atoms with Crippen molar-refractivity contribution in [2.45, 2.75) is 47.1 Å². The highest BCUT2D eigenvalue weighted by atomic mass is 32.2. The summed E-state index contributed by atoms with van der Waals surface area (Å²) in [5.41, 5.74) is -22.6. The molecule has 0 spiro atoms. The predicted molar refractivity (Wildman–Crippen MR) is 83.3 cm³/mol. The fraction of sp³-hybridized carbons (Fsp3) is 0.467. The zero-order valence-electron chi connectivity index (χ0n) is 17.1. The molecule has 0 aliphatic heterocycles. The van der Waals surface area contributed by atoms with E-state index in [0.717, 1.165) is 0 Å². The maximum absolute atomic E-state index is 14.6. The molecule has 1 rings (SSSR count). The summed E-state index contributed by atoms with van der Waals surface area (Å²) in [4.78, 5) is 1.37. The van der Waals surface area contributed by atoms with Crippen LogP contribution in [0.1, 0.15) is 0 Å². The molecule has 0 fully saturated rings. The highest BCUT2D eigenvalue weighted by Gasteiger charge is 2.88. The summed E-state index contributed by atoms with van der Waals surface area (Å²) >= 11 is 0. The molecule has 0 aromatic heterocycles. The summed E-state index contributed by atoms with van der Waals surface area (Å²) in [5, 5.41) is 8.49. The van der Waals surface area contributed by atoms with Crippen LogP contribution in [-0.2, 0) is 10.1 Å². The topological polar surface area (TPSA) is 95.9 Å². The normalized spacial score (nSPS) is 14.7. The molecular formula is C15H4F17O6S-. The fourth-order valence-electron chi connectivity index (χ4n) is 2.64. The molecule has 0 bridgehead atoms. The lowest BCUT2D eigenvalue weighted by Gasteiger charge is -2.41. The van der Waals surface area contributed by atoms with Gasteiger partial charge in [-0.15, -0.1) is 0 Å². The monoisotopic (exact) mass is 635 g/mol. The highest BCUT2D eigenvalue weighted by Crippen LogP contribution is 2.63. The average molecular weight is 635 g/mol. The van der Waals surface area contributed by atoms with E-state index in [1.807, 2.05) is 0 Å². The number of rotatable bonds is 6. The first-order valence-electron chi connectivity index (χ1n) is 8.45. The van der Waals surface area contributed by atoms with E-state index >= 15 is 0 Å². The third kappa shape index (κ3) is 6.05. The van der Waals surface area contributed by atoms with Gasteiger partial charge in [-0.1, -0.05) is 0 Å². The number of ether oxygens (including phenoxy) is 1. The Labute approximate surface area is 201 Å². The minimum absolute atomic E-state index is 0.330. The number of alkyl halides is 17. The first-order valence-corrected chi connectivity index (χ1v) is 9.86. The molecule has 0 radical (unpaired) electrons. The molecule has 0 saturated carbocycles. The van der Waals surface area contributed by atoms with Crippen LogP contribution in [0.5, 0.6) is 11.5 Å². The van der Waals surface area contributed by atoms with E-state index in [1.165, 1.54) is 0 Å². The van der Waals surface area contributed by atoms with Gasteiger partial charge < -0.3 is 14.2 Å². The van der Waals surface area contributed by atoms with Gasteiger partial charge in [-0.2, -0.15) is 65.9 Å². The second-order valence-electron chi connectivity index (χ2n) is 6.77. The van der Waals surface area contributed by atoms with Gasteiger partial charge in [0.2, 0.25) is 5.76 Å². The third-order valence-electron chi connectivity index (χ3n) is 4.24. The molecule has 0 amide bonds. The fourth-order valence-corrected chi connectivity index (χ4v) is 3.21. The van der Waals surface area contributed by atoms with Gasteiger partial charge in [0.05, 0.1) is 5.57 Å². The van der Waals surface area contributed by atoms with Crippen molar-refractivity contribution in [3.63, 3.8) is 0 Å². The number of hydrogen-bond acceptors (Lipinski definition) is 6. The van der Waals surface area contributed by atoms with Crippen LogP contribution in [0.15, 0.2) is 34.4 Å². The maximum atomic E-state index is 14.6. The van der Waals surface area contributed by atoms with E-state index in [0.29, 0.717) is 0 Å². The van der Waals surface area contributed by atoms with Crippen molar-refractivity contribution < 1.29 is 102 Å². The van der Waals surface area contributed by atoms with Crippen molar-refractivity contribution in [3.05, 3.63) is 29.5 Å². The molecule has 6 nitrogen and oxygen atoms in total. The van der Waals surface area contributed by atoms with Crippen molar-refractivity contribution in [3.8, 4) is 11.5 Å². The quantitative estimate of drug-likeness (QED) is 0.130. The van der Waals surface area contributed by atoms with E-state index in [1.54, 1.807) is 0 Å². The van der Waals surface area contributed by atoms with Crippen molar-refractivity contribution in [1.29, 1.82) is 0 Å². The molecule has 0 aliphatic carbocycles. The molecule has 0 saturated heterocycles. The summed E-state index contributed by atoms with van der Waals surface area (Å²) in [7, 11) is -5.80. The Morgan fingerprint density at radius 1 is 0.692 bits per heavy atom. The van der Waals surface area contributed by atoms with Crippen molar-refractivity contribution in [1.82, 2.24) is 0 Å². The van der Waals surface area contributed by atoms with Gasteiger partial charge in [-0.05, 0) is 12.1 Å². The molecule has 0 unspecified atom stereocenters. The van der Waals surface area contributed by atoms with Gasteiger partial charge in [0.15, 0.2) is 5.75 Å². The summed E-state index contributed by atoms with van der Waals surface area (Å²) in [6.45, 7) is 0. The van der Waals surface area contributed by atoms with Gasteiger partial charge >= 0.3 is 42.2 Å². The molecule has 226 valence electrons. The van der Waals surface area contributed by atoms with Crippen LogP contribution in [0.4, 0.5) is 74.6 Å². The first kappa shape index (κ1) is 34.3. The lowest BCUT2D eigenvalue weighted by Crippen LogP contribution is -2.67. The van der Waals surface area contributed by atoms with Crippen LogP contribution >= 0.6 is 0 Å². The highest BCUT2D eigenvalue weighted by molar-refractivity contribution is 7.85. The number of halogens is 17. The average Bonchev–Trinajstić information content (AvgIpc) is 2.67. The van der Waals surface area contributed by atoms with Crippen LogP contribution in [-0.4, -0.2) is 60.4 Å². The Morgan fingerprint density at radius 2 is 1.05 bits per heavy atom. The van der Waals surface area contributed by atoms with Crippen molar-refractivity contribution in [2.24, 2.45) is 0 Å². The lowest BCUT2D eigenvalue weighted by molar-refractivity contribution is -0.365. The smallest absolute Gasteiger partial charge is 0.449 e. The van der Waals surface area contributed by atoms with Crippen molar-refractivity contribution >= 4 is 10.1 Å². The SMILES string of the molecule is O=S(=O)([O-])c1ccc(OC(=C(C(F)(C(F)(F)F)C(F)(F)F)C(F)(C(F)(F)F)C(F)(F)F)C(F)(F)F)cc1OO. The molecule has 24 heteroatoms. The minimum atomic E-state index is -8.43. The van der Waals surface area contributed by atoms with Crippen LogP contribution in [0.2, 0.25) is 0 Å². The Morgan fingerprint density at radius 3 is 1.31 bits per heavy atom. The Balaban J connectivity index is 4.55. The number of allylic oxidation sites excluding steroid dienone is 2. The first-order chi connectivity index (χ1) is 16.9. The van der Waals surface area contributed by atoms with Crippen LogP contribution < -0.4 is 9.62 Å². The van der Waals surface area contributed by atoms with E-state index in [4.69, 9.17) is 5.26 Å². The van der Waals surface area contributed by atoms with Crippen molar-refractivity contribution in [2.75, 3.05) is 0 Å². The maximum Gasteiger partial charge on any atom is 0.449 e. The molecule has 39 heavy (non-hydrogen) atoms. The van der Waals surface area contributed by atoms with E-state index in [-0.39, 0.29) is 6.07 Å². The third-order valence-corrected chi connectivity index (χ3v) is 5.11. The molecule has 1 N–H and O–H groups in total. The Bertz CT molecular complexity index is 1140. The van der Waals surface area contributed by atoms with Gasteiger partial charge in [-0.3, -0.25) is 0 Å². The minimum Gasteiger partial charge on any atom is -0.744 e. The molecule has 1 aromatic rings. The molecular weight excluding hydrogens is 631 g/mol. The molecule has 0 aliphatic rings. The number of benzene rings is 1. The second-order valence-corrected chi connectivity index (χ2v) is 8.11. The molecule has 1 aromatic carbocycles. The molecule has 0 heterocycles. The summed E-state index contributed by atoms with van der Waals surface area (Å²) in [6, 6.07) is -1.38. The largest absolute Gasteiger partial charge is 0.744 e. The van der Waals surface area contributed by atoms with Crippen LogP contribution in [0.25, 0.3) is 0 Å². The van der Waals surface area contributed by atoms with E-state index in [2.05, 4.69) is 9.62 Å². The van der Waals surface area contributed by atoms with Crippen LogP contribution in [0.3, 0.4) is 0 Å². The summed E-state index contributed by atoms with van der Waals surface area (Å²) < 4.78 is 263. The summed E-state index contributed by atoms with van der Waals surface area (Å²) in [6.07, 6.45) is -40.4. The molecule has 0 atom stereocenters. The van der Waals surface area contributed by atoms with E-state index < -0.39 is 92.2 Å². The second kappa shape index (κ2) is 9.71. The van der Waals surface area contributed by atoms with Crippen LogP contribution in [0, 0.1) is 0 Å². The number of hydrogen-bond donors (Lipinski definition) is 1. The lowest BCUT2D eigenvalue weighted by atomic mass is 9.79.